The van der Waals surface area contributed by atoms with E-state index in [-0.39, 0.29) is 24.0 Å². The first-order valence-electron chi connectivity index (χ1n) is 9.59. The second-order valence-electron chi connectivity index (χ2n) is 6.71. The zero-order valence-electron chi connectivity index (χ0n) is 16.5. The minimum atomic E-state index is 0. The Morgan fingerprint density at radius 1 is 1.23 bits per heavy atom. The number of nitrogens with one attached hydrogen (secondary N) is 2. The quantitative estimate of drug-likeness (QED) is 0.345. The number of rotatable bonds is 8. The number of guanidine groups is 1. The van der Waals surface area contributed by atoms with Gasteiger partial charge in [-0.2, -0.15) is 0 Å². The molecule has 6 heteroatoms. The van der Waals surface area contributed by atoms with E-state index < -0.39 is 0 Å². The molecule has 148 valence electrons. The number of methoxy groups -OCH3 is 1. The Hall–Kier alpha value is -0.860. The lowest BCUT2D eigenvalue weighted by Gasteiger charge is -2.32. The van der Waals surface area contributed by atoms with Gasteiger partial charge in [0.05, 0.1) is 13.2 Å². The Labute approximate surface area is 176 Å². The smallest absolute Gasteiger partial charge is 0.191 e. The van der Waals surface area contributed by atoms with Crippen molar-refractivity contribution in [2.75, 3.05) is 33.3 Å². The number of aliphatic imine (C=N–C) groups is 1. The maximum Gasteiger partial charge on any atom is 0.191 e. The Balaban J connectivity index is 0.00000338. The summed E-state index contributed by atoms with van der Waals surface area (Å²) in [6.07, 6.45) is 3.62. The van der Waals surface area contributed by atoms with Gasteiger partial charge >= 0.3 is 0 Å². The highest BCUT2D eigenvalue weighted by molar-refractivity contribution is 14.0. The fraction of sp³-hybridized carbons (Fsp3) is 0.650. The Morgan fingerprint density at radius 3 is 2.62 bits per heavy atom. The molecular formula is C20H35IN4O. The van der Waals surface area contributed by atoms with Gasteiger partial charge in [-0.1, -0.05) is 31.2 Å². The third-order valence-corrected chi connectivity index (χ3v) is 4.53. The molecule has 0 aliphatic carbocycles. The summed E-state index contributed by atoms with van der Waals surface area (Å²) < 4.78 is 5.21. The minimum Gasteiger partial charge on any atom is -0.380 e. The van der Waals surface area contributed by atoms with Gasteiger partial charge in [-0.3, -0.25) is 0 Å². The number of ether oxygens (including phenoxy) is 1. The van der Waals surface area contributed by atoms with Crippen molar-refractivity contribution >= 4 is 29.9 Å². The summed E-state index contributed by atoms with van der Waals surface area (Å²) in [4.78, 5) is 7.33. The molecule has 5 nitrogen and oxygen atoms in total. The molecule has 0 atom stereocenters. The van der Waals surface area contributed by atoms with E-state index in [0.717, 1.165) is 12.5 Å². The van der Waals surface area contributed by atoms with Crippen LogP contribution in [0.3, 0.4) is 0 Å². The van der Waals surface area contributed by atoms with Crippen LogP contribution in [-0.2, 0) is 17.9 Å². The summed E-state index contributed by atoms with van der Waals surface area (Å²) in [6, 6.07) is 8.97. The Bertz CT molecular complexity index is 530. The van der Waals surface area contributed by atoms with Crippen LogP contribution < -0.4 is 10.6 Å². The van der Waals surface area contributed by atoms with E-state index in [2.05, 4.69) is 53.6 Å². The van der Waals surface area contributed by atoms with E-state index >= 15 is 0 Å². The topological polar surface area (TPSA) is 48.9 Å². The van der Waals surface area contributed by atoms with Crippen molar-refractivity contribution in [1.29, 1.82) is 0 Å². The van der Waals surface area contributed by atoms with Crippen LogP contribution in [0.2, 0.25) is 0 Å². The first-order chi connectivity index (χ1) is 12.2. The van der Waals surface area contributed by atoms with Crippen molar-refractivity contribution in [2.24, 2.45) is 4.99 Å². The molecule has 1 aliphatic rings. The molecular weight excluding hydrogens is 439 g/mol. The molecule has 0 spiro atoms. The van der Waals surface area contributed by atoms with Crippen molar-refractivity contribution in [3.05, 3.63) is 35.4 Å². The molecule has 1 fully saturated rings. The lowest BCUT2D eigenvalue weighted by molar-refractivity contribution is 0.185. The molecule has 1 saturated heterocycles. The molecule has 1 aromatic rings. The number of likely N-dealkylation sites (tertiary alicyclic amines) is 1. The zero-order valence-corrected chi connectivity index (χ0v) is 18.8. The van der Waals surface area contributed by atoms with E-state index in [9.17, 15) is 0 Å². The van der Waals surface area contributed by atoms with Crippen molar-refractivity contribution in [1.82, 2.24) is 15.5 Å². The number of hydrogen-bond donors (Lipinski definition) is 2. The number of piperidine rings is 1. The third kappa shape index (κ3) is 8.22. The van der Waals surface area contributed by atoms with Crippen LogP contribution >= 0.6 is 24.0 Å². The third-order valence-electron chi connectivity index (χ3n) is 4.53. The van der Waals surface area contributed by atoms with Gasteiger partial charge in [-0.05, 0) is 43.9 Å². The largest absolute Gasteiger partial charge is 0.380 e. The summed E-state index contributed by atoms with van der Waals surface area (Å²) in [5.74, 6) is 0.925. The van der Waals surface area contributed by atoms with Crippen LogP contribution in [0, 0.1) is 0 Å². The average molecular weight is 474 g/mol. The lowest BCUT2D eigenvalue weighted by Crippen LogP contribution is -2.48. The van der Waals surface area contributed by atoms with E-state index in [1.54, 1.807) is 7.11 Å². The predicted molar refractivity (Wildman–Crippen MR) is 120 cm³/mol. The van der Waals surface area contributed by atoms with Crippen molar-refractivity contribution in [3.63, 3.8) is 0 Å². The molecule has 0 aromatic heterocycles. The molecule has 0 bridgehead atoms. The number of hydrogen-bond acceptors (Lipinski definition) is 3. The summed E-state index contributed by atoms with van der Waals surface area (Å²) in [6.45, 7) is 10.2. The highest BCUT2D eigenvalue weighted by atomic mass is 127. The van der Waals surface area contributed by atoms with Crippen LogP contribution in [0.4, 0.5) is 0 Å². The second-order valence-corrected chi connectivity index (χ2v) is 6.71. The molecule has 2 rings (SSSR count). The average Bonchev–Trinajstić information content (AvgIpc) is 2.62. The van der Waals surface area contributed by atoms with E-state index in [1.165, 1.54) is 50.0 Å². The highest BCUT2D eigenvalue weighted by Crippen LogP contribution is 2.11. The molecule has 0 amide bonds. The standard InChI is InChI=1S/C20H34N4O.HI/c1-4-11-24-12-9-19(10-13-24)23-20(21-5-2)22-15-17-7-6-8-18(14-17)16-25-3;/h6-8,14,19H,4-5,9-13,15-16H2,1-3H3,(H2,21,22,23);1H. The fourth-order valence-corrected chi connectivity index (χ4v) is 3.29. The van der Waals surface area contributed by atoms with Gasteiger partial charge in [-0.15, -0.1) is 24.0 Å². The van der Waals surface area contributed by atoms with Gasteiger partial charge in [0.25, 0.3) is 0 Å². The van der Waals surface area contributed by atoms with Crippen LogP contribution in [0.15, 0.2) is 29.3 Å². The van der Waals surface area contributed by atoms with Gasteiger partial charge < -0.3 is 20.3 Å². The molecule has 0 saturated carbocycles. The summed E-state index contributed by atoms with van der Waals surface area (Å²) >= 11 is 0. The van der Waals surface area contributed by atoms with Crippen LogP contribution in [0.5, 0.6) is 0 Å². The van der Waals surface area contributed by atoms with Gasteiger partial charge in [0.1, 0.15) is 0 Å². The highest BCUT2D eigenvalue weighted by Gasteiger charge is 2.19. The van der Waals surface area contributed by atoms with E-state index in [1.807, 2.05) is 0 Å². The lowest BCUT2D eigenvalue weighted by atomic mass is 10.1. The van der Waals surface area contributed by atoms with Crippen molar-refractivity contribution < 1.29 is 4.74 Å². The first-order valence-corrected chi connectivity index (χ1v) is 9.59. The van der Waals surface area contributed by atoms with Gasteiger partial charge in [-0.25, -0.2) is 4.99 Å². The monoisotopic (exact) mass is 474 g/mol. The first kappa shape index (κ1) is 23.2. The maximum atomic E-state index is 5.21. The van der Waals surface area contributed by atoms with Crippen LogP contribution in [-0.4, -0.2) is 50.2 Å². The Kier molecular flexibility index (Phi) is 11.9. The number of benzene rings is 1. The maximum absolute atomic E-state index is 5.21. The zero-order chi connectivity index (χ0) is 17.9. The number of nitrogens with zero attached hydrogens (tertiary/aromatic N) is 2. The van der Waals surface area contributed by atoms with Crippen LogP contribution in [0.25, 0.3) is 0 Å². The molecule has 2 N–H and O–H groups in total. The van der Waals surface area contributed by atoms with Gasteiger partial charge in [0, 0.05) is 32.8 Å². The van der Waals surface area contributed by atoms with Crippen LogP contribution in [0.1, 0.15) is 44.2 Å². The molecule has 1 aliphatic heterocycles. The summed E-state index contributed by atoms with van der Waals surface area (Å²) in [5.41, 5.74) is 2.40. The van der Waals surface area contributed by atoms with Gasteiger partial charge in [0.15, 0.2) is 5.96 Å². The summed E-state index contributed by atoms with van der Waals surface area (Å²) in [7, 11) is 1.73. The molecule has 1 aromatic carbocycles. The van der Waals surface area contributed by atoms with E-state index in [0.29, 0.717) is 19.2 Å². The molecule has 1 heterocycles. The Morgan fingerprint density at radius 2 is 1.96 bits per heavy atom. The fourth-order valence-electron chi connectivity index (χ4n) is 3.29. The van der Waals surface area contributed by atoms with Crippen molar-refractivity contribution in [3.8, 4) is 0 Å². The van der Waals surface area contributed by atoms with E-state index in [4.69, 9.17) is 9.73 Å². The molecule has 26 heavy (non-hydrogen) atoms. The van der Waals surface area contributed by atoms with Crippen molar-refractivity contribution in [2.45, 2.75) is 52.3 Å². The predicted octanol–water partition coefficient (Wildman–Crippen LogP) is 3.38. The summed E-state index contributed by atoms with van der Waals surface area (Å²) in [5, 5.41) is 6.99. The molecule has 0 unspecified atom stereocenters. The molecule has 0 radical (unpaired) electrons. The number of halogens is 1. The normalized spacial score (nSPS) is 16.2. The second kappa shape index (κ2) is 13.3. The minimum absolute atomic E-state index is 0. The van der Waals surface area contributed by atoms with Gasteiger partial charge in [0.2, 0.25) is 0 Å². The SMILES string of the molecule is CCCN1CCC(NC(=NCc2cccc(COC)c2)NCC)CC1.I.